The van der Waals surface area contributed by atoms with Crippen molar-refractivity contribution in [2.75, 3.05) is 11.5 Å². The Hall–Kier alpha value is -3.28. The standard InChI is InChI=1S/2C13H13N3O3S2/c2*1-6-8(21-5-15-6)3-2-7-4-20-12-9(14)11(17)16(12)10(7)13(18)19/h2*2-3,5,9,12H,4,14H2,1H3,(H,18,19)/b3-2-;/t2*9-,12-/m11/s1. The van der Waals surface area contributed by atoms with Gasteiger partial charge in [0, 0.05) is 21.3 Å². The first-order valence-corrected chi connectivity index (χ1v) is 16.4. The molecule has 4 atom stereocenters. The maximum atomic E-state index is 11.8. The van der Waals surface area contributed by atoms with E-state index in [9.17, 15) is 29.4 Å². The van der Waals surface area contributed by atoms with Gasteiger partial charge in [-0.05, 0) is 37.1 Å². The first-order valence-electron chi connectivity index (χ1n) is 12.5. The first-order chi connectivity index (χ1) is 20.0. The van der Waals surface area contributed by atoms with Crippen LogP contribution in [0.1, 0.15) is 21.1 Å². The third-order valence-electron chi connectivity index (χ3n) is 6.92. The Morgan fingerprint density at radius 1 is 0.786 bits per heavy atom. The second-order valence-electron chi connectivity index (χ2n) is 9.50. The molecule has 0 saturated carbocycles. The van der Waals surface area contributed by atoms with Crippen LogP contribution in [0, 0.1) is 13.8 Å². The highest BCUT2D eigenvalue weighted by Gasteiger charge is 2.52. The van der Waals surface area contributed by atoms with E-state index in [2.05, 4.69) is 9.97 Å². The van der Waals surface area contributed by atoms with Crippen molar-refractivity contribution in [1.82, 2.24) is 19.8 Å². The number of nitrogens with zero attached hydrogens (tertiary/aromatic N) is 4. The zero-order valence-corrected chi connectivity index (χ0v) is 25.6. The molecule has 2 saturated heterocycles. The Bertz CT molecular complexity index is 1480. The highest BCUT2D eigenvalue weighted by molar-refractivity contribution is 8.00. The molecule has 16 heteroatoms. The third kappa shape index (κ3) is 5.45. The highest BCUT2D eigenvalue weighted by atomic mass is 32.2. The van der Waals surface area contributed by atoms with Gasteiger partial charge in [-0.1, -0.05) is 12.2 Å². The van der Waals surface area contributed by atoms with Gasteiger partial charge in [0.15, 0.2) is 0 Å². The Morgan fingerprint density at radius 2 is 1.17 bits per heavy atom. The van der Waals surface area contributed by atoms with E-state index in [4.69, 9.17) is 11.5 Å². The van der Waals surface area contributed by atoms with Crippen molar-refractivity contribution in [3.8, 4) is 0 Å². The van der Waals surface area contributed by atoms with Crippen molar-refractivity contribution in [1.29, 1.82) is 0 Å². The molecule has 6 N–H and O–H groups in total. The molecule has 0 spiro atoms. The van der Waals surface area contributed by atoms with Crippen molar-refractivity contribution < 1.29 is 29.4 Å². The van der Waals surface area contributed by atoms with Crippen LogP contribution >= 0.6 is 46.2 Å². The number of nitrogens with two attached hydrogens (primary N) is 2. The molecule has 12 nitrogen and oxygen atoms in total. The van der Waals surface area contributed by atoms with Gasteiger partial charge in [0.2, 0.25) is 11.8 Å². The largest absolute Gasteiger partial charge is 0.477 e. The number of thioether (sulfide) groups is 2. The number of aliphatic carboxylic acids is 2. The number of aryl methyl sites for hydroxylation is 2. The van der Waals surface area contributed by atoms with Gasteiger partial charge in [-0.25, -0.2) is 19.6 Å². The number of rotatable bonds is 6. The van der Waals surface area contributed by atoms with Crippen LogP contribution < -0.4 is 11.5 Å². The fourth-order valence-corrected chi connectivity index (χ4v) is 8.55. The summed E-state index contributed by atoms with van der Waals surface area (Å²) in [5.74, 6) is -1.80. The number of carboxylic acid groups (broad SMARTS) is 2. The van der Waals surface area contributed by atoms with Crippen LogP contribution in [0.25, 0.3) is 12.2 Å². The quantitative estimate of drug-likeness (QED) is 0.335. The Balaban J connectivity index is 0.000000168. The van der Waals surface area contributed by atoms with Crippen molar-refractivity contribution in [2.45, 2.75) is 36.7 Å². The summed E-state index contributed by atoms with van der Waals surface area (Å²) in [6, 6.07) is -1.20. The van der Waals surface area contributed by atoms with Crippen LogP contribution in [-0.2, 0) is 19.2 Å². The Morgan fingerprint density at radius 3 is 1.48 bits per heavy atom. The molecule has 2 aromatic rings. The predicted octanol–water partition coefficient (Wildman–Crippen LogP) is 2.09. The minimum atomic E-state index is -1.10. The molecule has 220 valence electrons. The van der Waals surface area contributed by atoms with Gasteiger partial charge in [0.1, 0.15) is 34.2 Å². The van der Waals surface area contributed by atoms with E-state index in [1.54, 1.807) is 23.2 Å². The monoisotopic (exact) mass is 646 g/mol. The molecular formula is C26H26N6O6S4. The summed E-state index contributed by atoms with van der Waals surface area (Å²) in [5, 5.41) is 18.3. The number of hydrogen-bond donors (Lipinski definition) is 4. The van der Waals surface area contributed by atoms with Crippen molar-refractivity contribution in [3.63, 3.8) is 0 Å². The minimum absolute atomic E-state index is 0.0452. The molecule has 4 aliphatic heterocycles. The molecule has 4 aliphatic rings. The van der Waals surface area contributed by atoms with E-state index >= 15 is 0 Å². The number of hydrogen-bond acceptors (Lipinski definition) is 12. The van der Waals surface area contributed by atoms with E-state index in [1.807, 2.05) is 26.0 Å². The van der Waals surface area contributed by atoms with E-state index < -0.39 is 24.0 Å². The summed E-state index contributed by atoms with van der Waals surface area (Å²) in [6.45, 7) is 3.79. The zero-order valence-electron chi connectivity index (χ0n) is 22.3. The summed E-state index contributed by atoms with van der Waals surface area (Å²) in [6.07, 6.45) is 7.20. The van der Waals surface area contributed by atoms with Gasteiger partial charge in [-0.2, -0.15) is 0 Å². The number of β-lactam (4-membered cyclic amide) rings is 2. The molecule has 0 radical (unpaired) electrons. The summed E-state index contributed by atoms with van der Waals surface area (Å²) < 4.78 is 0. The molecule has 6 rings (SSSR count). The Kier molecular flexibility index (Phi) is 8.73. The van der Waals surface area contributed by atoms with Gasteiger partial charge in [-0.3, -0.25) is 19.4 Å². The lowest BCUT2D eigenvalue weighted by Gasteiger charge is -2.47. The van der Waals surface area contributed by atoms with E-state index in [1.165, 1.54) is 56.0 Å². The van der Waals surface area contributed by atoms with Gasteiger partial charge in [0.05, 0.1) is 22.4 Å². The normalized spacial score (nSPS) is 25.2. The van der Waals surface area contributed by atoms with Gasteiger partial charge in [-0.15, -0.1) is 46.2 Å². The number of carboxylic acids is 2. The van der Waals surface area contributed by atoms with Crippen LogP contribution in [0.5, 0.6) is 0 Å². The maximum absolute atomic E-state index is 11.8. The van der Waals surface area contributed by atoms with Gasteiger partial charge < -0.3 is 21.7 Å². The topological polar surface area (TPSA) is 193 Å². The Labute approximate surface area is 256 Å². The summed E-state index contributed by atoms with van der Waals surface area (Å²) in [5.41, 5.74) is 18.0. The molecular weight excluding hydrogens is 621 g/mol. The number of amides is 2. The minimum Gasteiger partial charge on any atom is -0.477 e. The average molecular weight is 647 g/mol. The number of carbonyl (C=O) groups excluding carboxylic acids is 2. The molecule has 2 fully saturated rings. The third-order valence-corrected chi connectivity index (χ3v) is 11.4. The first kappa shape index (κ1) is 30.2. The second kappa shape index (κ2) is 12.1. The SMILES string of the molecule is Cc1ncsc1/C=C\C1=C(C(=O)O)N2C(=O)[C@@H](N)[C@H]2SC1.Cc1ncsc1C=CC1=C(C(=O)O)N2C(=O)[C@@H](N)[C@H]2SC1. The van der Waals surface area contributed by atoms with Crippen LogP contribution in [0.2, 0.25) is 0 Å². The fraction of sp³-hybridized carbons (Fsp3) is 0.308. The number of carbonyl (C=O) groups is 4. The molecule has 0 aromatic carbocycles. The summed E-state index contributed by atoms with van der Waals surface area (Å²) in [4.78, 5) is 59.4. The molecule has 0 unspecified atom stereocenters. The number of aromatic nitrogens is 2. The van der Waals surface area contributed by atoms with Crippen LogP contribution in [0.3, 0.4) is 0 Å². The van der Waals surface area contributed by atoms with Gasteiger partial charge >= 0.3 is 11.9 Å². The van der Waals surface area contributed by atoms with E-state index in [-0.39, 0.29) is 34.0 Å². The zero-order chi connectivity index (χ0) is 30.3. The van der Waals surface area contributed by atoms with Crippen molar-refractivity contribution in [2.24, 2.45) is 11.5 Å². The molecule has 42 heavy (non-hydrogen) atoms. The molecule has 0 bridgehead atoms. The number of allylic oxidation sites excluding steroid dienone is 2. The smallest absolute Gasteiger partial charge is 0.352 e. The fourth-order valence-electron chi connectivity index (χ4n) is 4.63. The lowest BCUT2D eigenvalue weighted by molar-refractivity contribution is -0.147. The molecule has 2 aromatic heterocycles. The molecule has 0 aliphatic carbocycles. The summed E-state index contributed by atoms with van der Waals surface area (Å²) in [7, 11) is 0. The summed E-state index contributed by atoms with van der Waals surface area (Å²) >= 11 is 5.96. The van der Waals surface area contributed by atoms with Crippen LogP contribution in [0.15, 0.2) is 45.7 Å². The van der Waals surface area contributed by atoms with Crippen molar-refractivity contribution >= 4 is 82.1 Å². The van der Waals surface area contributed by atoms with Crippen LogP contribution in [-0.4, -0.2) is 88.1 Å². The lowest BCUT2D eigenvalue weighted by Crippen LogP contribution is -2.68. The van der Waals surface area contributed by atoms with E-state index in [0.717, 1.165) is 21.1 Å². The molecule has 2 amide bonds. The predicted molar refractivity (Wildman–Crippen MR) is 163 cm³/mol. The maximum Gasteiger partial charge on any atom is 0.352 e. The van der Waals surface area contributed by atoms with Crippen LogP contribution in [0.4, 0.5) is 0 Å². The van der Waals surface area contributed by atoms with Crippen molar-refractivity contribution in [3.05, 3.63) is 66.9 Å². The molecule has 6 heterocycles. The average Bonchev–Trinajstić information content (AvgIpc) is 3.59. The van der Waals surface area contributed by atoms with Gasteiger partial charge in [0.25, 0.3) is 0 Å². The highest BCUT2D eigenvalue weighted by Crippen LogP contribution is 2.41. The van der Waals surface area contributed by atoms with E-state index in [0.29, 0.717) is 22.7 Å². The number of fused-ring (bicyclic) bond motifs is 2. The number of thiazole rings is 2. The second-order valence-corrected chi connectivity index (χ2v) is 13.5. The lowest BCUT2D eigenvalue weighted by atomic mass is 10.0.